The van der Waals surface area contributed by atoms with Crippen molar-refractivity contribution in [2.75, 3.05) is 13.1 Å². The molecule has 3 rings (SSSR count). The van der Waals surface area contributed by atoms with Gasteiger partial charge in [-0.05, 0) is 37.1 Å². The first-order valence-electron chi connectivity index (χ1n) is 6.09. The van der Waals surface area contributed by atoms with Gasteiger partial charge in [0.1, 0.15) is 5.78 Å². The summed E-state index contributed by atoms with van der Waals surface area (Å²) >= 11 is 0. The van der Waals surface area contributed by atoms with E-state index in [0.717, 1.165) is 31.3 Å². The Morgan fingerprint density at radius 1 is 1.07 bits per heavy atom. The molecule has 2 saturated carbocycles. The molecule has 0 amide bonds. The average Bonchev–Trinajstić information content (AvgIpc) is 2.80. The third-order valence-electron chi connectivity index (χ3n) is 4.70. The molecule has 2 nitrogen and oxygen atoms in total. The highest BCUT2D eigenvalue weighted by molar-refractivity contribution is 5.82. The normalized spacial score (nSPS) is 47.3. The van der Waals surface area contributed by atoms with E-state index >= 15 is 0 Å². The molecule has 1 N–H and O–H groups in total. The number of carbonyl (C=O) groups is 1. The number of Topliss-reactive ketones (excluding diaryl/α,β-unsaturated/α-hetero) is 1. The van der Waals surface area contributed by atoms with Crippen molar-refractivity contribution in [2.45, 2.75) is 32.1 Å². The van der Waals surface area contributed by atoms with E-state index in [1.807, 2.05) is 0 Å². The maximum absolute atomic E-state index is 11.9. The SMILES string of the molecule is O=C1CCC2CCCC2C2CNCC12. The molecule has 0 bridgehead atoms. The van der Waals surface area contributed by atoms with Crippen molar-refractivity contribution in [1.29, 1.82) is 0 Å². The van der Waals surface area contributed by atoms with Crippen LogP contribution in [0.4, 0.5) is 0 Å². The number of hydrogen-bond donors (Lipinski definition) is 1. The van der Waals surface area contributed by atoms with E-state index < -0.39 is 0 Å². The van der Waals surface area contributed by atoms with Crippen molar-refractivity contribution < 1.29 is 4.79 Å². The molecular formula is C12H19NO. The van der Waals surface area contributed by atoms with Gasteiger partial charge in [0.25, 0.3) is 0 Å². The molecule has 3 aliphatic rings. The lowest BCUT2D eigenvalue weighted by atomic mass is 9.79. The summed E-state index contributed by atoms with van der Waals surface area (Å²) in [5.74, 6) is 3.38. The smallest absolute Gasteiger partial charge is 0.137 e. The van der Waals surface area contributed by atoms with E-state index in [2.05, 4.69) is 5.32 Å². The van der Waals surface area contributed by atoms with Crippen LogP contribution in [0.15, 0.2) is 0 Å². The minimum atomic E-state index is 0.378. The third kappa shape index (κ3) is 1.23. The first kappa shape index (κ1) is 8.90. The molecule has 1 saturated heterocycles. The molecule has 14 heavy (non-hydrogen) atoms. The second-order valence-electron chi connectivity index (χ2n) is 5.29. The largest absolute Gasteiger partial charge is 0.316 e. The van der Waals surface area contributed by atoms with Gasteiger partial charge >= 0.3 is 0 Å². The summed E-state index contributed by atoms with van der Waals surface area (Å²) in [5, 5.41) is 3.41. The van der Waals surface area contributed by atoms with E-state index in [-0.39, 0.29) is 0 Å². The van der Waals surface area contributed by atoms with Crippen molar-refractivity contribution in [2.24, 2.45) is 23.7 Å². The zero-order chi connectivity index (χ0) is 9.54. The Morgan fingerprint density at radius 3 is 2.93 bits per heavy atom. The molecule has 0 spiro atoms. The van der Waals surface area contributed by atoms with Gasteiger partial charge in [-0.15, -0.1) is 0 Å². The molecule has 3 fully saturated rings. The summed E-state index contributed by atoms with van der Waals surface area (Å²) in [7, 11) is 0. The molecule has 0 aromatic heterocycles. The van der Waals surface area contributed by atoms with Gasteiger partial charge in [0, 0.05) is 18.9 Å². The standard InChI is InChI=1S/C12H19NO/c14-12-5-4-8-2-1-3-9(8)10-6-13-7-11(10)12/h8-11,13H,1-7H2. The Hall–Kier alpha value is -0.370. The van der Waals surface area contributed by atoms with E-state index in [9.17, 15) is 4.79 Å². The lowest BCUT2D eigenvalue weighted by Crippen LogP contribution is -2.26. The molecule has 0 aromatic rings. The number of rotatable bonds is 0. The maximum Gasteiger partial charge on any atom is 0.137 e. The van der Waals surface area contributed by atoms with Gasteiger partial charge in [0.15, 0.2) is 0 Å². The van der Waals surface area contributed by atoms with Gasteiger partial charge in [-0.25, -0.2) is 0 Å². The van der Waals surface area contributed by atoms with Crippen molar-refractivity contribution in [3.8, 4) is 0 Å². The van der Waals surface area contributed by atoms with Gasteiger partial charge in [0.05, 0.1) is 0 Å². The first-order chi connectivity index (χ1) is 6.86. The van der Waals surface area contributed by atoms with Gasteiger partial charge in [-0.3, -0.25) is 4.79 Å². The Kier molecular flexibility index (Phi) is 2.12. The average molecular weight is 193 g/mol. The van der Waals surface area contributed by atoms with Gasteiger partial charge in [0.2, 0.25) is 0 Å². The molecule has 4 atom stereocenters. The van der Waals surface area contributed by atoms with Crippen LogP contribution in [-0.2, 0) is 4.79 Å². The number of fused-ring (bicyclic) bond motifs is 3. The van der Waals surface area contributed by atoms with Crippen LogP contribution in [0.2, 0.25) is 0 Å². The highest BCUT2D eigenvalue weighted by Gasteiger charge is 2.44. The molecule has 78 valence electrons. The number of carbonyl (C=O) groups excluding carboxylic acids is 1. The number of nitrogens with one attached hydrogen (secondary N) is 1. The summed E-state index contributed by atoms with van der Waals surface area (Å²) in [6, 6.07) is 0. The topological polar surface area (TPSA) is 29.1 Å². The molecule has 2 aliphatic carbocycles. The monoisotopic (exact) mass is 193 g/mol. The Morgan fingerprint density at radius 2 is 2.00 bits per heavy atom. The van der Waals surface area contributed by atoms with E-state index in [1.54, 1.807) is 0 Å². The van der Waals surface area contributed by atoms with Crippen LogP contribution in [0.1, 0.15) is 32.1 Å². The van der Waals surface area contributed by atoms with Crippen LogP contribution in [-0.4, -0.2) is 18.9 Å². The summed E-state index contributed by atoms with van der Waals surface area (Å²) in [5.41, 5.74) is 0. The molecule has 0 radical (unpaired) electrons. The predicted molar refractivity (Wildman–Crippen MR) is 54.9 cm³/mol. The Labute approximate surface area is 85.4 Å². The van der Waals surface area contributed by atoms with Crippen molar-refractivity contribution in [3.05, 3.63) is 0 Å². The van der Waals surface area contributed by atoms with Crippen LogP contribution in [0.5, 0.6) is 0 Å². The van der Waals surface area contributed by atoms with Gasteiger partial charge in [-0.1, -0.05) is 12.8 Å². The Balaban J connectivity index is 1.87. The molecule has 4 unspecified atom stereocenters. The van der Waals surface area contributed by atoms with E-state index in [0.29, 0.717) is 17.6 Å². The fraction of sp³-hybridized carbons (Fsp3) is 0.917. The first-order valence-corrected chi connectivity index (χ1v) is 6.09. The van der Waals surface area contributed by atoms with Crippen LogP contribution >= 0.6 is 0 Å². The third-order valence-corrected chi connectivity index (χ3v) is 4.70. The minimum Gasteiger partial charge on any atom is -0.316 e. The lowest BCUT2D eigenvalue weighted by molar-refractivity contribution is -0.123. The van der Waals surface area contributed by atoms with E-state index in [4.69, 9.17) is 0 Å². The molecule has 0 aromatic carbocycles. The summed E-state index contributed by atoms with van der Waals surface area (Å²) in [6.07, 6.45) is 6.25. The number of ketones is 1. The summed E-state index contributed by atoms with van der Waals surface area (Å²) in [4.78, 5) is 11.9. The summed E-state index contributed by atoms with van der Waals surface area (Å²) < 4.78 is 0. The second kappa shape index (κ2) is 3.34. The zero-order valence-electron chi connectivity index (χ0n) is 8.67. The van der Waals surface area contributed by atoms with Gasteiger partial charge < -0.3 is 5.32 Å². The lowest BCUT2D eigenvalue weighted by Gasteiger charge is -2.24. The van der Waals surface area contributed by atoms with Crippen LogP contribution < -0.4 is 5.32 Å². The quantitative estimate of drug-likeness (QED) is 0.633. The molecule has 2 heteroatoms. The van der Waals surface area contributed by atoms with Crippen molar-refractivity contribution in [1.82, 2.24) is 5.32 Å². The second-order valence-corrected chi connectivity index (χ2v) is 5.29. The van der Waals surface area contributed by atoms with Crippen molar-refractivity contribution >= 4 is 5.78 Å². The summed E-state index contributed by atoms with van der Waals surface area (Å²) in [6.45, 7) is 2.07. The molecular weight excluding hydrogens is 174 g/mol. The number of hydrogen-bond acceptors (Lipinski definition) is 2. The van der Waals surface area contributed by atoms with Crippen LogP contribution in [0.25, 0.3) is 0 Å². The minimum absolute atomic E-state index is 0.378. The van der Waals surface area contributed by atoms with Crippen LogP contribution in [0, 0.1) is 23.7 Å². The fourth-order valence-electron chi connectivity index (χ4n) is 4.00. The molecule has 1 aliphatic heterocycles. The van der Waals surface area contributed by atoms with E-state index in [1.165, 1.54) is 25.7 Å². The highest BCUT2D eigenvalue weighted by Crippen LogP contribution is 2.46. The van der Waals surface area contributed by atoms with Crippen molar-refractivity contribution in [3.63, 3.8) is 0 Å². The zero-order valence-corrected chi connectivity index (χ0v) is 8.67. The molecule has 1 heterocycles. The fourth-order valence-corrected chi connectivity index (χ4v) is 4.00. The predicted octanol–water partition coefficient (Wildman–Crippen LogP) is 1.60. The maximum atomic E-state index is 11.9. The Bertz CT molecular complexity index is 251. The van der Waals surface area contributed by atoms with Gasteiger partial charge in [-0.2, -0.15) is 0 Å². The highest BCUT2D eigenvalue weighted by atomic mass is 16.1. The van der Waals surface area contributed by atoms with Crippen LogP contribution in [0.3, 0.4) is 0 Å².